The lowest BCUT2D eigenvalue weighted by atomic mass is 10.1. The molecule has 2 aromatic carbocycles. The van der Waals surface area contributed by atoms with Crippen molar-refractivity contribution in [3.63, 3.8) is 0 Å². The first-order chi connectivity index (χ1) is 10.9. The number of aromatic amines is 1. The highest BCUT2D eigenvalue weighted by atomic mass is 16.7. The Labute approximate surface area is 129 Å². The fourth-order valence-electron chi connectivity index (χ4n) is 2.93. The molecule has 0 spiro atoms. The molecule has 3 aromatic rings. The van der Waals surface area contributed by atoms with Gasteiger partial charge in [-0.25, -0.2) is 0 Å². The zero-order valence-corrected chi connectivity index (χ0v) is 12.3. The summed E-state index contributed by atoms with van der Waals surface area (Å²) in [7, 11) is 0. The molecule has 0 atom stereocenters. The van der Waals surface area contributed by atoms with Gasteiger partial charge in [0.2, 0.25) is 0 Å². The monoisotopic (exact) mass is 294 g/mol. The van der Waals surface area contributed by atoms with Crippen molar-refractivity contribution >= 4 is 10.9 Å². The fourth-order valence-corrected chi connectivity index (χ4v) is 2.93. The summed E-state index contributed by atoms with van der Waals surface area (Å²) in [5.41, 5.74) is 4.85. The molecular formula is C18H18N2O2. The summed E-state index contributed by atoms with van der Waals surface area (Å²) >= 11 is 0. The number of benzene rings is 2. The maximum Gasteiger partial charge on any atom is 0.189 e. The number of fused-ring (bicyclic) bond motifs is 2. The highest BCUT2D eigenvalue weighted by Crippen LogP contribution is 2.26. The van der Waals surface area contributed by atoms with Gasteiger partial charge in [0, 0.05) is 35.8 Å². The van der Waals surface area contributed by atoms with Gasteiger partial charge >= 0.3 is 0 Å². The lowest BCUT2D eigenvalue weighted by Gasteiger charge is -2.20. The average Bonchev–Trinajstić information content (AvgIpc) is 2.99. The van der Waals surface area contributed by atoms with E-state index in [-0.39, 0.29) is 0 Å². The van der Waals surface area contributed by atoms with E-state index in [1.54, 1.807) is 0 Å². The van der Waals surface area contributed by atoms with E-state index in [0.717, 1.165) is 24.4 Å². The van der Waals surface area contributed by atoms with Gasteiger partial charge in [-0.15, -0.1) is 0 Å². The van der Waals surface area contributed by atoms with Crippen LogP contribution in [-0.4, -0.2) is 11.8 Å². The van der Waals surface area contributed by atoms with E-state index in [1.807, 2.05) is 18.2 Å². The van der Waals surface area contributed by atoms with E-state index < -0.39 is 0 Å². The van der Waals surface area contributed by atoms with Crippen LogP contribution in [0.2, 0.25) is 0 Å². The van der Waals surface area contributed by atoms with Gasteiger partial charge < -0.3 is 19.8 Å². The highest BCUT2D eigenvalue weighted by molar-refractivity contribution is 5.82. The fraction of sp³-hybridized carbons (Fsp3) is 0.222. The van der Waals surface area contributed by atoms with Gasteiger partial charge in [-0.2, -0.15) is 0 Å². The largest absolute Gasteiger partial charge is 0.467 e. The van der Waals surface area contributed by atoms with Crippen LogP contribution in [0.25, 0.3) is 10.9 Å². The van der Waals surface area contributed by atoms with Crippen LogP contribution in [0.15, 0.2) is 48.7 Å². The summed E-state index contributed by atoms with van der Waals surface area (Å²) in [6.45, 7) is 2.60. The number of rotatable bonds is 4. The van der Waals surface area contributed by atoms with Crippen molar-refractivity contribution < 1.29 is 9.47 Å². The number of aromatic nitrogens is 1. The van der Waals surface area contributed by atoms with Crippen molar-refractivity contribution in [1.29, 1.82) is 0 Å². The number of hydrogen-bond donors (Lipinski definition) is 2. The van der Waals surface area contributed by atoms with Gasteiger partial charge in [0.1, 0.15) is 5.75 Å². The van der Waals surface area contributed by atoms with Crippen molar-refractivity contribution in [2.75, 3.05) is 6.79 Å². The first-order valence-corrected chi connectivity index (χ1v) is 7.49. The third-order valence-corrected chi connectivity index (χ3v) is 4.08. The van der Waals surface area contributed by atoms with Gasteiger partial charge in [-0.1, -0.05) is 30.3 Å². The molecule has 0 saturated heterocycles. The van der Waals surface area contributed by atoms with E-state index in [2.05, 4.69) is 40.8 Å². The highest BCUT2D eigenvalue weighted by Gasteiger charge is 2.14. The molecule has 22 heavy (non-hydrogen) atoms. The summed E-state index contributed by atoms with van der Waals surface area (Å²) < 4.78 is 10.9. The lowest BCUT2D eigenvalue weighted by molar-refractivity contribution is -0.0168. The van der Waals surface area contributed by atoms with Crippen molar-refractivity contribution in [3.05, 3.63) is 65.4 Å². The van der Waals surface area contributed by atoms with E-state index in [9.17, 15) is 0 Å². The predicted octanol–water partition coefficient (Wildman–Crippen LogP) is 3.32. The molecule has 0 radical (unpaired) electrons. The zero-order valence-electron chi connectivity index (χ0n) is 12.3. The molecule has 0 bridgehead atoms. The summed E-state index contributed by atoms with van der Waals surface area (Å²) in [4.78, 5) is 3.31. The smallest absolute Gasteiger partial charge is 0.189 e. The van der Waals surface area contributed by atoms with E-state index >= 15 is 0 Å². The summed E-state index contributed by atoms with van der Waals surface area (Å²) in [6, 6.07) is 14.5. The van der Waals surface area contributed by atoms with Gasteiger partial charge in [0.25, 0.3) is 0 Å². The van der Waals surface area contributed by atoms with Crippen LogP contribution in [0.5, 0.6) is 5.75 Å². The Balaban J connectivity index is 1.47. The molecule has 1 aliphatic heterocycles. The predicted molar refractivity (Wildman–Crippen MR) is 85.6 cm³/mol. The molecule has 0 saturated carbocycles. The lowest BCUT2D eigenvalue weighted by Crippen LogP contribution is -2.17. The summed E-state index contributed by atoms with van der Waals surface area (Å²) in [6.07, 6.45) is 2.07. The number of H-pyrrole nitrogens is 1. The first-order valence-electron chi connectivity index (χ1n) is 7.49. The Hall–Kier alpha value is -2.30. The van der Waals surface area contributed by atoms with Gasteiger partial charge in [0.15, 0.2) is 6.79 Å². The maximum absolute atomic E-state index is 5.52. The summed E-state index contributed by atoms with van der Waals surface area (Å²) in [5, 5.41) is 4.79. The van der Waals surface area contributed by atoms with Crippen LogP contribution < -0.4 is 10.1 Å². The second kappa shape index (κ2) is 5.83. The SMILES string of the molecule is c1cc(CNCc2c[nH]c3ccccc23)c2c(c1)OCOC2. The molecule has 0 amide bonds. The molecule has 4 nitrogen and oxygen atoms in total. The molecule has 4 rings (SSSR count). The number of hydrogen-bond acceptors (Lipinski definition) is 3. The molecule has 112 valence electrons. The van der Waals surface area contributed by atoms with Gasteiger partial charge in [-0.3, -0.25) is 0 Å². The average molecular weight is 294 g/mol. The Morgan fingerprint density at radius 1 is 1.00 bits per heavy atom. The van der Waals surface area contributed by atoms with Gasteiger partial charge in [-0.05, 0) is 23.3 Å². The molecule has 0 fully saturated rings. The first kappa shape index (κ1) is 13.4. The minimum Gasteiger partial charge on any atom is -0.467 e. The maximum atomic E-state index is 5.52. The van der Waals surface area contributed by atoms with Gasteiger partial charge in [0.05, 0.1) is 6.61 Å². The van der Waals surface area contributed by atoms with E-state index in [0.29, 0.717) is 13.4 Å². The molecule has 2 heterocycles. The second-order valence-corrected chi connectivity index (χ2v) is 5.47. The second-order valence-electron chi connectivity index (χ2n) is 5.47. The van der Waals surface area contributed by atoms with E-state index in [1.165, 1.54) is 22.0 Å². The van der Waals surface area contributed by atoms with Crippen LogP contribution in [0, 0.1) is 0 Å². The van der Waals surface area contributed by atoms with Crippen LogP contribution >= 0.6 is 0 Å². The molecular weight excluding hydrogens is 276 g/mol. The third-order valence-electron chi connectivity index (χ3n) is 4.08. The summed E-state index contributed by atoms with van der Waals surface area (Å²) in [5.74, 6) is 0.942. The Kier molecular flexibility index (Phi) is 3.54. The molecule has 0 unspecified atom stereocenters. The quantitative estimate of drug-likeness (QED) is 0.776. The molecule has 2 N–H and O–H groups in total. The van der Waals surface area contributed by atoms with Crippen molar-refractivity contribution in [2.24, 2.45) is 0 Å². The minimum absolute atomic E-state index is 0.346. The molecule has 0 aliphatic carbocycles. The Morgan fingerprint density at radius 3 is 2.91 bits per heavy atom. The Morgan fingerprint density at radius 2 is 1.91 bits per heavy atom. The number of ether oxygens (including phenoxy) is 2. The normalized spacial score (nSPS) is 13.8. The zero-order chi connectivity index (χ0) is 14.8. The van der Waals surface area contributed by atoms with E-state index in [4.69, 9.17) is 9.47 Å². The van der Waals surface area contributed by atoms with Crippen molar-refractivity contribution in [2.45, 2.75) is 19.7 Å². The molecule has 1 aliphatic rings. The standard InChI is InChI=1S/C18H18N2O2/c1-2-6-17-15(5-1)14(10-20-17)9-19-8-13-4-3-7-18-16(13)11-21-12-22-18/h1-7,10,19-20H,8-9,11-12H2. The van der Waals surface area contributed by atoms with Crippen LogP contribution in [0.4, 0.5) is 0 Å². The van der Waals surface area contributed by atoms with Crippen LogP contribution in [-0.2, 0) is 24.4 Å². The number of nitrogens with one attached hydrogen (secondary N) is 2. The number of para-hydroxylation sites is 1. The minimum atomic E-state index is 0.346. The van der Waals surface area contributed by atoms with Crippen molar-refractivity contribution in [3.8, 4) is 5.75 Å². The molecule has 1 aromatic heterocycles. The van der Waals surface area contributed by atoms with Crippen LogP contribution in [0.3, 0.4) is 0 Å². The Bertz CT molecular complexity index is 795. The van der Waals surface area contributed by atoms with Crippen molar-refractivity contribution in [1.82, 2.24) is 10.3 Å². The third kappa shape index (κ3) is 2.47. The topological polar surface area (TPSA) is 46.3 Å². The molecule has 4 heteroatoms. The van der Waals surface area contributed by atoms with Crippen LogP contribution in [0.1, 0.15) is 16.7 Å².